The van der Waals surface area contributed by atoms with Crippen LogP contribution in [0.3, 0.4) is 0 Å². The van der Waals surface area contributed by atoms with Crippen LogP contribution in [0.2, 0.25) is 0 Å². The zero-order chi connectivity index (χ0) is 9.14. The minimum Gasteiger partial charge on any atom is -0.305 e. The molecule has 2 nitrogen and oxygen atoms in total. The van der Waals surface area contributed by atoms with Crippen molar-refractivity contribution in [2.75, 3.05) is 33.7 Å². The van der Waals surface area contributed by atoms with Crippen molar-refractivity contribution in [3.63, 3.8) is 0 Å². The zero-order valence-electron chi connectivity index (χ0n) is 8.67. The summed E-state index contributed by atoms with van der Waals surface area (Å²) < 4.78 is 0. The van der Waals surface area contributed by atoms with Crippen LogP contribution in [0.5, 0.6) is 0 Å². The van der Waals surface area contributed by atoms with Gasteiger partial charge in [0.05, 0.1) is 0 Å². The van der Waals surface area contributed by atoms with Gasteiger partial charge in [0, 0.05) is 25.7 Å². The van der Waals surface area contributed by atoms with E-state index in [1.807, 2.05) is 0 Å². The van der Waals surface area contributed by atoms with Gasteiger partial charge in [-0.15, -0.1) is 0 Å². The van der Waals surface area contributed by atoms with Crippen molar-refractivity contribution in [3.05, 3.63) is 11.6 Å². The van der Waals surface area contributed by atoms with Gasteiger partial charge in [-0.25, -0.2) is 0 Å². The van der Waals surface area contributed by atoms with E-state index in [-0.39, 0.29) is 0 Å². The molecule has 0 bridgehead atoms. The first-order valence-electron chi connectivity index (χ1n) is 4.66. The van der Waals surface area contributed by atoms with E-state index in [2.05, 4.69) is 43.8 Å². The first kappa shape index (κ1) is 9.75. The first-order valence-corrected chi connectivity index (χ1v) is 4.66. The Morgan fingerprint density at radius 2 is 2.17 bits per heavy atom. The van der Waals surface area contributed by atoms with E-state index in [0.717, 1.165) is 19.6 Å². The molecule has 0 N–H and O–H groups in total. The molecular weight excluding hydrogens is 148 g/mol. The number of likely N-dealkylation sites (N-methyl/N-ethyl adjacent to an activating group) is 1. The first-order chi connectivity index (χ1) is 5.59. The van der Waals surface area contributed by atoms with Crippen LogP contribution in [0, 0.1) is 0 Å². The molecule has 12 heavy (non-hydrogen) atoms. The molecule has 1 aliphatic rings. The highest BCUT2D eigenvalue weighted by atomic mass is 15.2. The maximum atomic E-state index is 2.48. The second kappa shape index (κ2) is 4.06. The van der Waals surface area contributed by atoms with Gasteiger partial charge in [-0.3, -0.25) is 4.90 Å². The van der Waals surface area contributed by atoms with E-state index in [0.29, 0.717) is 6.04 Å². The molecule has 1 rings (SSSR count). The Hall–Kier alpha value is -0.340. The summed E-state index contributed by atoms with van der Waals surface area (Å²) in [6.07, 6.45) is 2.36. The van der Waals surface area contributed by atoms with Gasteiger partial charge in [-0.1, -0.05) is 6.08 Å². The Morgan fingerprint density at radius 1 is 1.50 bits per heavy atom. The maximum absolute atomic E-state index is 2.48. The van der Waals surface area contributed by atoms with Crippen molar-refractivity contribution in [1.82, 2.24) is 9.80 Å². The van der Waals surface area contributed by atoms with Crippen LogP contribution in [-0.4, -0.2) is 49.6 Å². The van der Waals surface area contributed by atoms with Gasteiger partial charge in [0.25, 0.3) is 0 Å². The van der Waals surface area contributed by atoms with Gasteiger partial charge < -0.3 is 4.90 Å². The smallest absolute Gasteiger partial charge is 0.0212 e. The average Bonchev–Trinajstić information content (AvgIpc) is 2.34. The lowest BCUT2D eigenvalue weighted by Crippen LogP contribution is -2.29. The molecule has 0 saturated carbocycles. The lowest BCUT2D eigenvalue weighted by Gasteiger charge is -2.20. The molecule has 70 valence electrons. The largest absolute Gasteiger partial charge is 0.305 e. The SMILES string of the molecule is CC(C)N1CC=C(CN(C)C)C1. The standard InChI is InChI=1S/C10H20N2/c1-9(2)12-6-5-10(8-12)7-11(3)4/h5,9H,6-8H2,1-4H3. The van der Waals surface area contributed by atoms with Crippen LogP contribution in [0.4, 0.5) is 0 Å². The van der Waals surface area contributed by atoms with Crippen molar-refractivity contribution in [3.8, 4) is 0 Å². The van der Waals surface area contributed by atoms with Crippen LogP contribution >= 0.6 is 0 Å². The molecule has 0 aromatic carbocycles. The minimum absolute atomic E-state index is 0.681. The normalized spacial score (nSPS) is 19.3. The van der Waals surface area contributed by atoms with E-state index in [1.165, 1.54) is 0 Å². The van der Waals surface area contributed by atoms with E-state index < -0.39 is 0 Å². The molecule has 0 saturated heterocycles. The van der Waals surface area contributed by atoms with Crippen molar-refractivity contribution in [2.45, 2.75) is 19.9 Å². The molecule has 0 amide bonds. The quantitative estimate of drug-likeness (QED) is 0.584. The molecule has 0 fully saturated rings. The van der Waals surface area contributed by atoms with Crippen LogP contribution in [0.1, 0.15) is 13.8 Å². The summed E-state index contributed by atoms with van der Waals surface area (Å²) in [4.78, 5) is 4.72. The summed E-state index contributed by atoms with van der Waals surface area (Å²) >= 11 is 0. The van der Waals surface area contributed by atoms with Crippen molar-refractivity contribution in [1.29, 1.82) is 0 Å². The lowest BCUT2D eigenvalue weighted by atomic mass is 10.2. The number of nitrogens with zero attached hydrogens (tertiary/aromatic N) is 2. The third kappa shape index (κ3) is 2.61. The molecule has 0 unspecified atom stereocenters. The summed E-state index contributed by atoms with van der Waals surface area (Å²) in [6.45, 7) is 7.93. The summed E-state index contributed by atoms with van der Waals surface area (Å²) in [5, 5.41) is 0. The van der Waals surface area contributed by atoms with Gasteiger partial charge in [0.1, 0.15) is 0 Å². The third-order valence-corrected chi connectivity index (χ3v) is 2.27. The topological polar surface area (TPSA) is 6.48 Å². The van der Waals surface area contributed by atoms with Crippen molar-refractivity contribution >= 4 is 0 Å². The monoisotopic (exact) mass is 168 g/mol. The Bertz CT molecular complexity index is 171. The minimum atomic E-state index is 0.681. The Morgan fingerprint density at radius 3 is 2.58 bits per heavy atom. The predicted molar refractivity (Wildman–Crippen MR) is 53.3 cm³/mol. The fraction of sp³-hybridized carbons (Fsp3) is 0.800. The number of rotatable bonds is 3. The van der Waals surface area contributed by atoms with Gasteiger partial charge in [0.15, 0.2) is 0 Å². The fourth-order valence-electron chi connectivity index (χ4n) is 1.55. The lowest BCUT2D eigenvalue weighted by molar-refractivity contribution is 0.279. The molecule has 1 aliphatic heterocycles. The molecule has 0 atom stereocenters. The highest BCUT2D eigenvalue weighted by Crippen LogP contribution is 2.12. The zero-order valence-corrected chi connectivity index (χ0v) is 8.67. The number of hydrogen-bond donors (Lipinski definition) is 0. The van der Waals surface area contributed by atoms with Gasteiger partial charge in [0.2, 0.25) is 0 Å². The number of hydrogen-bond acceptors (Lipinski definition) is 2. The molecule has 0 aromatic rings. The average molecular weight is 168 g/mol. The molecule has 0 aromatic heterocycles. The predicted octanol–water partition coefficient (Wildman–Crippen LogP) is 1.20. The molecule has 0 spiro atoms. The van der Waals surface area contributed by atoms with Crippen molar-refractivity contribution < 1.29 is 0 Å². The second-order valence-electron chi connectivity index (χ2n) is 4.12. The van der Waals surface area contributed by atoms with Gasteiger partial charge in [-0.05, 0) is 33.5 Å². The molecule has 1 heterocycles. The second-order valence-corrected chi connectivity index (χ2v) is 4.12. The summed E-state index contributed by atoms with van der Waals surface area (Å²) in [6, 6.07) is 0.681. The molecular formula is C10H20N2. The molecule has 0 aliphatic carbocycles. The highest BCUT2D eigenvalue weighted by Gasteiger charge is 2.16. The van der Waals surface area contributed by atoms with Crippen LogP contribution in [0.15, 0.2) is 11.6 Å². The Balaban J connectivity index is 2.33. The van der Waals surface area contributed by atoms with E-state index in [1.54, 1.807) is 5.57 Å². The van der Waals surface area contributed by atoms with E-state index in [4.69, 9.17) is 0 Å². The summed E-state index contributed by atoms with van der Waals surface area (Å²) in [5.41, 5.74) is 1.56. The van der Waals surface area contributed by atoms with Crippen LogP contribution in [-0.2, 0) is 0 Å². The van der Waals surface area contributed by atoms with Crippen LogP contribution in [0.25, 0.3) is 0 Å². The fourth-order valence-corrected chi connectivity index (χ4v) is 1.55. The Labute approximate surface area is 75.8 Å². The van der Waals surface area contributed by atoms with Gasteiger partial charge in [-0.2, -0.15) is 0 Å². The highest BCUT2D eigenvalue weighted by molar-refractivity contribution is 5.13. The van der Waals surface area contributed by atoms with Crippen LogP contribution < -0.4 is 0 Å². The van der Waals surface area contributed by atoms with Gasteiger partial charge >= 0.3 is 0 Å². The third-order valence-electron chi connectivity index (χ3n) is 2.27. The van der Waals surface area contributed by atoms with Crippen molar-refractivity contribution in [2.24, 2.45) is 0 Å². The maximum Gasteiger partial charge on any atom is 0.0212 e. The van der Waals surface area contributed by atoms with E-state index in [9.17, 15) is 0 Å². The molecule has 2 heteroatoms. The van der Waals surface area contributed by atoms with E-state index >= 15 is 0 Å². The Kier molecular flexibility index (Phi) is 3.29. The molecule has 0 radical (unpaired) electrons. The summed E-state index contributed by atoms with van der Waals surface area (Å²) in [5.74, 6) is 0. The summed E-state index contributed by atoms with van der Waals surface area (Å²) in [7, 11) is 4.25.